The minimum absolute atomic E-state index is 0.104. The Morgan fingerprint density at radius 3 is 2.62 bits per heavy atom. The van der Waals surface area contributed by atoms with Crippen molar-refractivity contribution >= 4 is 5.91 Å². The molecule has 0 aromatic carbocycles. The van der Waals surface area contributed by atoms with Crippen molar-refractivity contribution in [1.82, 2.24) is 10.2 Å². The molecule has 1 saturated carbocycles. The predicted molar refractivity (Wildman–Crippen MR) is 50.1 cm³/mol. The third-order valence-electron chi connectivity index (χ3n) is 2.82. The summed E-state index contributed by atoms with van der Waals surface area (Å²) in [5, 5.41) is 3.02. The smallest absolute Gasteiger partial charge is 0.223 e. The summed E-state index contributed by atoms with van der Waals surface area (Å²) < 4.78 is 0. The number of rotatable bonds is 2. The van der Waals surface area contributed by atoms with Gasteiger partial charge in [-0.15, -0.1) is 0 Å². The fourth-order valence-corrected chi connectivity index (χ4v) is 1.83. The van der Waals surface area contributed by atoms with Gasteiger partial charge in [0.25, 0.3) is 0 Å². The van der Waals surface area contributed by atoms with Crippen molar-refractivity contribution in [2.75, 3.05) is 20.1 Å². The predicted octanol–water partition coefficient (Wildman–Crippen LogP) is -0.846. The molecule has 2 unspecified atom stereocenters. The summed E-state index contributed by atoms with van der Waals surface area (Å²) in [6.45, 7) is 1.77. The van der Waals surface area contributed by atoms with Crippen LogP contribution in [0.25, 0.3) is 0 Å². The Morgan fingerprint density at radius 1 is 1.46 bits per heavy atom. The maximum atomic E-state index is 11.4. The molecule has 1 aliphatic heterocycles. The second kappa shape index (κ2) is 3.27. The van der Waals surface area contributed by atoms with Crippen LogP contribution < -0.4 is 11.1 Å². The molecule has 2 atom stereocenters. The summed E-state index contributed by atoms with van der Waals surface area (Å²) in [5.41, 5.74) is 5.88. The minimum atomic E-state index is 0.104. The van der Waals surface area contributed by atoms with Crippen LogP contribution in [0.1, 0.15) is 12.8 Å². The Kier molecular flexibility index (Phi) is 2.26. The maximum Gasteiger partial charge on any atom is 0.223 e. The van der Waals surface area contributed by atoms with E-state index in [1.165, 1.54) is 0 Å². The van der Waals surface area contributed by atoms with Gasteiger partial charge >= 0.3 is 0 Å². The van der Waals surface area contributed by atoms with Crippen LogP contribution in [0.3, 0.4) is 0 Å². The number of nitrogens with one attached hydrogen (secondary N) is 1. The van der Waals surface area contributed by atoms with Gasteiger partial charge < -0.3 is 16.0 Å². The molecule has 4 nitrogen and oxygen atoms in total. The lowest BCUT2D eigenvalue weighted by Gasteiger charge is -2.15. The zero-order valence-electron chi connectivity index (χ0n) is 7.99. The molecule has 1 heterocycles. The molecule has 3 N–H and O–H groups in total. The van der Waals surface area contributed by atoms with E-state index in [9.17, 15) is 4.79 Å². The Morgan fingerprint density at radius 2 is 2.15 bits per heavy atom. The van der Waals surface area contributed by atoms with Crippen LogP contribution in [-0.4, -0.2) is 43.0 Å². The molecule has 1 aliphatic carbocycles. The van der Waals surface area contributed by atoms with Gasteiger partial charge in [-0.2, -0.15) is 0 Å². The summed E-state index contributed by atoms with van der Waals surface area (Å²) in [5.74, 6) is 0.494. The standard InChI is InChI=1S/C9H17N3O/c1-12-4-7(10)8(5-12)11-9(13)6-2-3-6/h6-8H,2-5,10H2,1H3,(H,11,13). The fraction of sp³-hybridized carbons (Fsp3) is 0.889. The highest BCUT2D eigenvalue weighted by molar-refractivity contribution is 5.81. The topological polar surface area (TPSA) is 58.4 Å². The normalized spacial score (nSPS) is 34.9. The van der Waals surface area contributed by atoms with Crippen molar-refractivity contribution in [3.8, 4) is 0 Å². The average molecular weight is 183 g/mol. The summed E-state index contributed by atoms with van der Waals surface area (Å²) >= 11 is 0. The summed E-state index contributed by atoms with van der Waals surface area (Å²) in [6, 6.07) is 0.269. The number of amides is 1. The van der Waals surface area contributed by atoms with Gasteiger partial charge in [-0.05, 0) is 19.9 Å². The zero-order chi connectivity index (χ0) is 9.42. The molecular formula is C9H17N3O. The van der Waals surface area contributed by atoms with E-state index in [1.54, 1.807) is 0 Å². The summed E-state index contributed by atoms with van der Waals surface area (Å²) in [7, 11) is 2.03. The number of nitrogens with zero attached hydrogens (tertiary/aromatic N) is 1. The molecule has 4 heteroatoms. The van der Waals surface area contributed by atoms with E-state index in [0.29, 0.717) is 0 Å². The first-order chi connectivity index (χ1) is 6.16. The van der Waals surface area contributed by atoms with Gasteiger partial charge in [-0.25, -0.2) is 0 Å². The van der Waals surface area contributed by atoms with E-state index >= 15 is 0 Å². The van der Waals surface area contributed by atoms with Gasteiger partial charge in [0, 0.05) is 25.0 Å². The number of carbonyl (C=O) groups excluding carboxylic acids is 1. The molecule has 0 aromatic rings. The van der Waals surface area contributed by atoms with E-state index < -0.39 is 0 Å². The first-order valence-corrected chi connectivity index (χ1v) is 4.91. The third kappa shape index (κ3) is 2.00. The molecule has 74 valence electrons. The highest BCUT2D eigenvalue weighted by Crippen LogP contribution is 2.29. The molecule has 0 radical (unpaired) electrons. The lowest BCUT2D eigenvalue weighted by molar-refractivity contribution is -0.123. The molecule has 0 spiro atoms. The number of likely N-dealkylation sites (N-methyl/N-ethyl adjacent to an activating group) is 1. The highest BCUT2D eigenvalue weighted by Gasteiger charge is 2.34. The lowest BCUT2D eigenvalue weighted by Crippen LogP contribution is -2.47. The zero-order valence-corrected chi connectivity index (χ0v) is 7.99. The van der Waals surface area contributed by atoms with Gasteiger partial charge in [0.1, 0.15) is 0 Å². The summed E-state index contributed by atoms with van der Waals surface area (Å²) in [4.78, 5) is 13.6. The third-order valence-corrected chi connectivity index (χ3v) is 2.82. The van der Waals surface area contributed by atoms with E-state index in [0.717, 1.165) is 25.9 Å². The molecule has 2 aliphatic rings. The molecule has 13 heavy (non-hydrogen) atoms. The Hall–Kier alpha value is -0.610. The van der Waals surface area contributed by atoms with Crippen LogP contribution in [-0.2, 0) is 4.79 Å². The van der Waals surface area contributed by atoms with E-state index in [2.05, 4.69) is 10.2 Å². The van der Waals surface area contributed by atoms with Crippen LogP contribution in [0.5, 0.6) is 0 Å². The summed E-state index contributed by atoms with van der Waals surface area (Å²) in [6.07, 6.45) is 2.12. The van der Waals surface area contributed by atoms with Crippen molar-refractivity contribution in [3.05, 3.63) is 0 Å². The van der Waals surface area contributed by atoms with Crippen LogP contribution in [0.15, 0.2) is 0 Å². The van der Waals surface area contributed by atoms with Crippen LogP contribution in [0.4, 0.5) is 0 Å². The molecular weight excluding hydrogens is 166 g/mol. The van der Waals surface area contributed by atoms with Crippen LogP contribution in [0, 0.1) is 5.92 Å². The number of likely N-dealkylation sites (tertiary alicyclic amines) is 1. The first-order valence-electron chi connectivity index (χ1n) is 4.91. The number of carbonyl (C=O) groups is 1. The largest absolute Gasteiger partial charge is 0.350 e. The average Bonchev–Trinajstić information content (AvgIpc) is 2.81. The lowest BCUT2D eigenvalue weighted by atomic mass is 10.2. The molecule has 2 fully saturated rings. The Labute approximate surface area is 78.5 Å². The highest BCUT2D eigenvalue weighted by atomic mass is 16.2. The van der Waals surface area contributed by atoms with Crippen LogP contribution in [0.2, 0.25) is 0 Å². The second-order valence-corrected chi connectivity index (χ2v) is 4.27. The fourth-order valence-electron chi connectivity index (χ4n) is 1.83. The van der Waals surface area contributed by atoms with Gasteiger partial charge in [0.15, 0.2) is 0 Å². The van der Waals surface area contributed by atoms with Crippen molar-refractivity contribution in [2.45, 2.75) is 24.9 Å². The molecule has 1 saturated heterocycles. The molecule has 1 amide bonds. The minimum Gasteiger partial charge on any atom is -0.350 e. The van der Waals surface area contributed by atoms with Gasteiger partial charge in [0.05, 0.1) is 6.04 Å². The van der Waals surface area contributed by atoms with Crippen molar-refractivity contribution in [2.24, 2.45) is 11.7 Å². The monoisotopic (exact) mass is 183 g/mol. The molecule has 0 aromatic heterocycles. The van der Waals surface area contributed by atoms with Crippen molar-refractivity contribution < 1.29 is 4.79 Å². The number of hydrogen-bond donors (Lipinski definition) is 2. The van der Waals surface area contributed by atoms with Crippen molar-refractivity contribution in [1.29, 1.82) is 0 Å². The quantitative estimate of drug-likeness (QED) is 0.586. The van der Waals surface area contributed by atoms with Gasteiger partial charge in [0.2, 0.25) is 5.91 Å². The van der Waals surface area contributed by atoms with Gasteiger partial charge in [-0.3, -0.25) is 4.79 Å². The van der Waals surface area contributed by atoms with Crippen molar-refractivity contribution in [3.63, 3.8) is 0 Å². The van der Waals surface area contributed by atoms with Gasteiger partial charge in [-0.1, -0.05) is 0 Å². The SMILES string of the molecule is CN1CC(N)C(NC(=O)C2CC2)C1. The number of hydrogen-bond acceptors (Lipinski definition) is 3. The maximum absolute atomic E-state index is 11.4. The second-order valence-electron chi connectivity index (χ2n) is 4.27. The Bertz CT molecular complexity index is 215. The number of nitrogens with two attached hydrogens (primary N) is 1. The van der Waals surface area contributed by atoms with Crippen LogP contribution >= 0.6 is 0 Å². The van der Waals surface area contributed by atoms with E-state index in [1.807, 2.05) is 7.05 Å². The molecule has 0 bridgehead atoms. The first kappa shape index (κ1) is 8.97. The molecule has 2 rings (SSSR count). The Balaban J connectivity index is 1.83. The van der Waals surface area contributed by atoms with E-state index in [4.69, 9.17) is 5.73 Å². The van der Waals surface area contributed by atoms with E-state index in [-0.39, 0.29) is 23.9 Å².